The Hall–Kier alpha value is -2.56. The molecule has 5 heteroatoms. The molecule has 0 saturated heterocycles. The van der Waals surface area contributed by atoms with E-state index in [-0.39, 0.29) is 6.04 Å². The van der Waals surface area contributed by atoms with Crippen LogP contribution in [0, 0.1) is 6.92 Å². The lowest BCUT2D eigenvalue weighted by atomic mass is 10.1. The molecule has 2 N–H and O–H groups in total. The Morgan fingerprint density at radius 3 is 2.50 bits per heavy atom. The van der Waals surface area contributed by atoms with Crippen molar-refractivity contribution in [2.75, 3.05) is 0 Å². The molecule has 22 heavy (non-hydrogen) atoms. The highest BCUT2D eigenvalue weighted by molar-refractivity contribution is 6.35. The fourth-order valence-electron chi connectivity index (χ4n) is 2.04. The first-order chi connectivity index (χ1) is 10.5. The molecule has 1 atom stereocenters. The molecular weight excluding hydrogens is 280 g/mol. The van der Waals surface area contributed by atoms with Crippen molar-refractivity contribution in [1.29, 1.82) is 0 Å². The van der Waals surface area contributed by atoms with Gasteiger partial charge in [-0.15, -0.1) is 0 Å². The number of aryl methyl sites for hydroxylation is 1. The van der Waals surface area contributed by atoms with Crippen LogP contribution in [0.2, 0.25) is 0 Å². The molecule has 1 aromatic carbocycles. The van der Waals surface area contributed by atoms with E-state index >= 15 is 0 Å². The van der Waals surface area contributed by atoms with E-state index < -0.39 is 11.8 Å². The summed E-state index contributed by atoms with van der Waals surface area (Å²) in [4.78, 5) is 23.6. The van der Waals surface area contributed by atoms with Crippen LogP contribution in [-0.2, 0) is 22.6 Å². The number of carbonyl (C=O) groups is 2. The van der Waals surface area contributed by atoms with E-state index in [2.05, 4.69) is 10.6 Å². The molecule has 1 unspecified atom stereocenters. The molecule has 0 radical (unpaired) electrons. The highest BCUT2D eigenvalue weighted by Crippen LogP contribution is 2.04. The van der Waals surface area contributed by atoms with Gasteiger partial charge in [0.25, 0.3) is 0 Å². The van der Waals surface area contributed by atoms with Gasteiger partial charge in [0.1, 0.15) is 5.76 Å². The Morgan fingerprint density at radius 1 is 1.14 bits per heavy atom. The number of rotatable bonds is 5. The smallest absolute Gasteiger partial charge is 0.309 e. The lowest BCUT2D eigenvalue weighted by Gasteiger charge is -2.12. The minimum atomic E-state index is -0.633. The molecule has 0 saturated carbocycles. The van der Waals surface area contributed by atoms with Gasteiger partial charge in [-0.3, -0.25) is 9.59 Å². The van der Waals surface area contributed by atoms with Crippen LogP contribution < -0.4 is 10.6 Å². The molecule has 0 spiro atoms. The average Bonchev–Trinajstić information content (AvgIpc) is 2.99. The molecule has 0 aliphatic heterocycles. The van der Waals surface area contributed by atoms with E-state index in [1.165, 1.54) is 0 Å². The standard InChI is InChI=1S/C17H20N2O3/c1-12-5-7-14(8-6-12)11-18-16(20)17(21)19-13(2)10-15-4-3-9-22-15/h3-9,13H,10-11H2,1-2H3,(H,18,20)(H,19,21). The quantitative estimate of drug-likeness (QED) is 0.829. The summed E-state index contributed by atoms with van der Waals surface area (Å²) in [5.41, 5.74) is 2.11. The number of hydrogen-bond acceptors (Lipinski definition) is 3. The number of carbonyl (C=O) groups excluding carboxylic acids is 2. The summed E-state index contributed by atoms with van der Waals surface area (Å²) in [7, 11) is 0. The van der Waals surface area contributed by atoms with E-state index in [9.17, 15) is 9.59 Å². The molecule has 2 rings (SSSR count). The van der Waals surface area contributed by atoms with E-state index in [1.54, 1.807) is 12.3 Å². The predicted molar refractivity (Wildman–Crippen MR) is 83.0 cm³/mol. The van der Waals surface area contributed by atoms with Crippen LogP contribution in [-0.4, -0.2) is 17.9 Å². The maximum Gasteiger partial charge on any atom is 0.309 e. The van der Waals surface area contributed by atoms with Crippen LogP contribution in [0.4, 0.5) is 0 Å². The van der Waals surface area contributed by atoms with Crippen molar-refractivity contribution in [2.24, 2.45) is 0 Å². The highest BCUT2D eigenvalue weighted by atomic mass is 16.3. The number of furan rings is 1. The number of benzene rings is 1. The lowest BCUT2D eigenvalue weighted by molar-refractivity contribution is -0.139. The average molecular weight is 300 g/mol. The lowest BCUT2D eigenvalue weighted by Crippen LogP contribution is -2.44. The Morgan fingerprint density at radius 2 is 1.86 bits per heavy atom. The highest BCUT2D eigenvalue weighted by Gasteiger charge is 2.16. The largest absolute Gasteiger partial charge is 0.469 e. The normalized spacial score (nSPS) is 11.7. The number of hydrogen-bond donors (Lipinski definition) is 2. The Bertz CT molecular complexity index is 618. The first kappa shape index (κ1) is 15.8. The van der Waals surface area contributed by atoms with E-state index in [0.29, 0.717) is 13.0 Å². The molecule has 0 aliphatic carbocycles. The summed E-state index contributed by atoms with van der Waals surface area (Å²) in [5.74, 6) is -0.495. The van der Waals surface area contributed by atoms with Gasteiger partial charge in [-0.1, -0.05) is 29.8 Å². The summed E-state index contributed by atoms with van der Waals surface area (Å²) < 4.78 is 5.21. The fraction of sp³-hybridized carbons (Fsp3) is 0.294. The molecular formula is C17H20N2O3. The van der Waals surface area contributed by atoms with Crippen molar-refractivity contribution >= 4 is 11.8 Å². The monoisotopic (exact) mass is 300 g/mol. The molecule has 1 heterocycles. The SMILES string of the molecule is Cc1ccc(CNC(=O)C(=O)NC(C)Cc2ccco2)cc1. The van der Waals surface area contributed by atoms with Crippen molar-refractivity contribution in [3.05, 3.63) is 59.5 Å². The fourth-order valence-corrected chi connectivity index (χ4v) is 2.04. The van der Waals surface area contributed by atoms with Gasteiger partial charge in [-0.25, -0.2) is 0 Å². The summed E-state index contributed by atoms with van der Waals surface area (Å²) in [6.45, 7) is 4.16. The summed E-state index contributed by atoms with van der Waals surface area (Å²) in [5, 5.41) is 5.26. The third-order valence-corrected chi connectivity index (χ3v) is 3.24. The topological polar surface area (TPSA) is 71.3 Å². The van der Waals surface area contributed by atoms with E-state index in [4.69, 9.17) is 4.42 Å². The maximum atomic E-state index is 11.8. The molecule has 2 amide bonds. The van der Waals surface area contributed by atoms with E-state index in [1.807, 2.05) is 44.2 Å². The van der Waals surface area contributed by atoms with Gasteiger partial charge < -0.3 is 15.1 Å². The van der Waals surface area contributed by atoms with Crippen molar-refractivity contribution in [3.63, 3.8) is 0 Å². The Kier molecular flexibility index (Phi) is 5.36. The molecule has 0 bridgehead atoms. The van der Waals surface area contributed by atoms with Crippen molar-refractivity contribution in [3.8, 4) is 0 Å². The minimum Gasteiger partial charge on any atom is -0.469 e. The van der Waals surface area contributed by atoms with Gasteiger partial charge in [0.05, 0.1) is 6.26 Å². The second-order valence-corrected chi connectivity index (χ2v) is 5.33. The molecule has 2 aromatic rings. The third kappa shape index (κ3) is 4.77. The zero-order valence-electron chi connectivity index (χ0n) is 12.8. The summed E-state index contributed by atoms with van der Waals surface area (Å²) in [6.07, 6.45) is 2.13. The minimum absolute atomic E-state index is 0.177. The van der Waals surface area contributed by atoms with Gasteiger partial charge in [0.15, 0.2) is 0 Å². The first-order valence-corrected chi connectivity index (χ1v) is 7.21. The molecule has 0 aliphatic rings. The Balaban J connectivity index is 1.76. The van der Waals surface area contributed by atoms with E-state index in [0.717, 1.165) is 16.9 Å². The Labute approximate surface area is 129 Å². The van der Waals surface area contributed by atoms with Crippen LogP contribution in [0.1, 0.15) is 23.8 Å². The van der Waals surface area contributed by atoms with Crippen LogP contribution in [0.3, 0.4) is 0 Å². The first-order valence-electron chi connectivity index (χ1n) is 7.21. The molecule has 0 fully saturated rings. The summed E-state index contributed by atoms with van der Waals surface area (Å²) >= 11 is 0. The van der Waals surface area contributed by atoms with Crippen LogP contribution >= 0.6 is 0 Å². The van der Waals surface area contributed by atoms with Gasteiger partial charge >= 0.3 is 11.8 Å². The van der Waals surface area contributed by atoms with Gasteiger partial charge in [0.2, 0.25) is 0 Å². The zero-order chi connectivity index (χ0) is 15.9. The second-order valence-electron chi connectivity index (χ2n) is 5.33. The predicted octanol–water partition coefficient (Wildman–Crippen LogP) is 1.95. The molecule has 5 nitrogen and oxygen atoms in total. The zero-order valence-corrected chi connectivity index (χ0v) is 12.8. The molecule has 116 valence electrons. The molecule has 1 aromatic heterocycles. The van der Waals surface area contributed by atoms with Crippen molar-refractivity contribution in [2.45, 2.75) is 32.9 Å². The third-order valence-electron chi connectivity index (χ3n) is 3.24. The van der Waals surface area contributed by atoms with Crippen LogP contribution in [0.25, 0.3) is 0 Å². The number of amides is 2. The number of nitrogens with one attached hydrogen (secondary N) is 2. The van der Waals surface area contributed by atoms with Crippen molar-refractivity contribution in [1.82, 2.24) is 10.6 Å². The van der Waals surface area contributed by atoms with Crippen LogP contribution in [0.5, 0.6) is 0 Å². The van der Waals surface area contributed by atoms with Gasteiger partial charge in [-0.2, -0.15) is 0 Å². The van der Waals surface area contributed by atoms with Gasteiger partial charge in [-0.05, 0) is 31.5 Å². The van der Waals surface area contributed by atoms with Crippen LogP contribution in [0.15, 0.2) is 47.1 Å². The van der Waals surface area contributed by atoms with Crippen molar-refractivity contribution < 1.29 is 14.0 Å². The summed E-state index contributed by atoms with van der Waals surface area (Å²) in [6, 6.07) is 11.2. The van der Waals surface area contributed by atoms with Gasteiger partial charge in [0, 0.05) is 19.0 Å². The second kappa shape index (κ2) is 7.45. The maximum absolute atomic E-state index is 11.8.